The molecule has 140 valence electrons. The van der Waals surface area contributed by atoms with Gasteiger partial charge < -0.3 is 26.2 Å². The van der Waals surface area contributed by atoms with Crippen LogP contribution in [0, 0.1) is 10.1 Å². The Morgan fingerprint density at radius 1 is 1.20 bits per heavy atom. The molecule has 25 heavy (non-hydrogen) atoms. The largest absolute Gasteiger partial charge is 0.399 e. The van der Waals surface area contributed by atoms with E-state index in [1.165, 1.54) is 11.0 Å². The van der Waals surface area contributed by atoms with Crippen LogP contribution in [0.3, 0.4) is 0 Å². The average Bonchev–Trinajstić information content (AvgIpc) is 2.58. The molecule has 0 fully saturated rings. The molecular formula is C16H26N4O5. The SMILES string of the molecule is Nc1ccc(NCCCCCC(=O)N(CCO)CCO)c([N+](=O)[O-])c1. The maximum Gasteiger partial charge on any atom is 0.294 e. The van der Waals surface area contributed by atoms with Crippen LogP contribution < -0.4 is 11.1 Å². The van der Waals surface area contributed by atoms with Crippen LogP contribution >= 0.6 is 0 Å². The van der Waals surface area contributed by atoms with Crippen molar-refractivity contribution in [2.24, 2.45) is 0 Å². The highest BCUT2D eigenvalue weighted by atomic mass is 16.6. The number of anilines is 2. The van der Waals surface area contributed by atoms with Gasteiger partial charge >= 0.3 is 0 Å². The van der Waals surface area contributed by atoms with E-state index in [-0.39, 0.29) is 37.9 Å². The van der Waals surface area contributed by atoms with Crippen molar-refractivity contribution in [2.75, 3.05) is 43.9 Å². The fraction of sp³-hybridized carbons (Fsp3) is 0.562. The number of nitrogens with zero attached hydrogens (tertiary/aromatic N) is 2. The molecule has 0 heterocycles. The van der Waals surface area contributed by atoms with Crippen LogP contribution in [0.15, 0.2) is 18.2 Å². The van der Waals surface area contributed by atoms with E-state index in [0.717, 1.165) is 12.8 Å². The second-order valence-electron chi connectivity index (χ2n) is 5.60. The molecule has 1 aromatic carbocycles. The van der Waals surface area contributed by atoms with E-state index in [4.69, 9.17) is 15.9 Å². The predicted octanol–water partition coefficient (Wildman–Crippen LogP) is 0.962. The van der Waals surface area contributed by atoms with E-state index in [1.54, 1.807) is 12.1 Å². The molecule has 1 aromatic rings. The number of unbranched alkanes of at least 4 members (excludes halogenated alkanes) is 2. The van der Waals surface area contributed by atoms with Crippen LogP contribution in [-0.4, -0.2) is 58.8 Å². The van der Waals surface area contributed by atoms with Crippen molar-refractivity contribution < 1.29 is 19.9 Å². The van der Waals surface area contributed by atoms with Crippen molar-refractivity contribution in [3.63, 3.8) is 0 Å². The van der Waals surface area contributed by atoms with Crippen LogP contribution in [0.4, 0.5) is 17.1 Å². The van der Waals surface area contributed by atoms with Gasteiger partial charge in [-0.25, -0.2) is 0 Å². The van der Waals surface area contributed by atoms with Crippen molar-refractivity contribution in [1.29, 1.82) is 0 Å². The lowest BCUT2D eigenvalue weighted by molar-refractivity contribution is -0.383. The second kappa shape index (κ2) is 11.2. The lowest BCUT2D eigenvalue weighted by atomic mass is 10.1. The number of carbonyl (C=O) groups excluding carboxylic acids is 1. The van der Waals surface area contributed by atoms with Crippen molar-refractivity contribution >= 4 is 23.0 Å². The molecule has 0 aliphatic heterocycles. The van der Waals surface area contributed by atoms with Gasteiger partial charge in [-0.1, -0.05) is 6.42 Å². The lowest BCUT2D eigenvalue weighted by Gasteiger charge is -2.20. The van der Waals surface area contributed by atoms with Gasteiger partial charge in [-0.15, -0.1) is 0 Å². The zero-order chi connectivity index (χ0) is 18.7. The van der Waals surface area contributed by atoms with Gasteiger partial charge in [0.15, 0.2) is 0 Å². The van der Waals surface area contributed by atoms with Gasteiger partial charge in [-0.3, -0.25) is 14.9 Å². The Kier molecular flexibility index (Phi) is 9.26. The molecule has 5 N–H and O–H groups in total. The normalized spacial score (nSPS) is 10.5. The van der Waals surface area contributed by atoms with Gasteiger partial charge in [-0.05, 0) is 25.0 Å². The third kappa shape index (κ3) is 7.36. The number of benzene rings is 1. The summed E-state index contributed by atoms with van der Waals surface area (Å²) in [5, 5.41) is 31.8. The maximum atomic E-state index is 11.9. The Hall–Kier alpha value is -2.39. The third-order valence-corrected chi connectivity index (χ3v) is 3.69. The molecule has 1 amide bonds. The van der Waals surface area contributed by atoms with Crippen molar-refractivity contribution in [3.05, 3.63) is 28.3 Å². The molecule has 9 heteroatoms. The van der Waals surface area contributed by atoms with Crippen molar-refractivity contribution in [2.45, 2.75) is 25.7 Å². The van der Waals surface area contributed by atoms with Crippen LogP contribution in [0.25, 0.3) is 0 Å². The molecule has 0 aromatic heterocycles. The number of aliphatic hydroxyl groups is 2. The molecule has 0 aliphatic carbocycles. The number of nitro benzene ring substituents is 1. The first-order valence-corrected chi connectivity index (χ1v) is 8.27. The highest BCUT2D eigenvalue weighted by Crippen LogP contribution is 2.26. The minimum absolute atomic E-state index is 0.0566. The molecule has 0 saturated heterocycles. The molecular weight excluding hydrogens is 328 g/mol. The van der Waals surface area contributed by atoms with Crippen molar-refractivity contribution in [3.8, 4) is 0 Å². The quantitative estimate of drug-likeness (QED) is 0.189. The summed E-state index contributed by atoms with van der Waals surface area (Å²) in [4.78, 5) is 23.9. The predicted molar refractivity (Wildman–Crippen MR) is 95.2 cm³/mol. The molecule has 0 saturated carbocycles. The van der Waals surface area contributed by atoms with Gasteiger partial charge in [0.05, 0.1) is 18.1 Å². The van der Waals surface area contributed by atoms with E-state index in [1.807, 2.05) is 0 Å². The fourth-order valence-corrected chi connectivity index (χ4v) is 2.41. The third-order valence-electron chi connectivity index (χ3n) is 3.69. The summed E-state index contributed by atoms with van der Waals surface area (Å²) in [5.74, 6) is -0.0924. The molecule has 0 atom stereocenters. The van der Waals surface area contributed by atoms with Gasteiger partial charge in [0.1, 0.15) is 5.69 Å². The average molecular weight is 354 g/mol. The van der Waals surface area contributed by atoms with Gasteiger partial charge in [0.2, 0.25) is 5.91 Å². The number of nitro groups is 1. The number of hydrogen-bond acceptors (Lipinski definition) is 7. The number of carbonyl (C=O) groups is 1. The molecule has 9 nitrogen and oxygen atoms in total. The number of aliphatic hydroxyl groups excluding tert-OH is 2. The zero-order valence-electron chi connectivity index (χ0n) is 14.2. The Labute approximate surface area is 146 Å². The molecule has 1 rings (SSSR count). The summed E-state index contributed by atoms with van der Waals surface area (Å²) >= 11 is 0. The molecule has 0 unspecified atom stereocenters. The summed E-state index contributed by atoms with van der Waals surface area (Å²) in [6.07, 6.45) is 2.57. The summed E-state index contributed by atoms with van der Waals surface area (Å²) in [6.45, 7) is 0.742. The Bertz CT molecular complexity index is 561. The first kappa shape index (κ1) is 20.7. The maximum absolute atomic E-state index is 11.9. The monoisotopic (exact) mass is 354 g/mol. The van der Waals surface area contributed by atoms with E-state index < -0.39 is 4.92 Å². The topological polar surface area (TPSA) is 142 Å². The van der Waals surface area contributed by atoms with Crippen LogP contribution in [-0.2, 0) is 4.79 Å². The zero-order valence-corrected chi connectivity index (χ0v) is 14.2. The standard InChI is InChI=1S/C16H26N4O5/c17-13-5-6-14(15(12-13)20(24)25)18-7-3-1-2-4-16(23)19(8-10-21)9-11-22/h5-6,12,18,21-22H,1-4,7-11,17H2. The van der Waals surface area contributed by atoms with E-state index in [0.29, 0.717) is 30.8 Å². The smallest absolute Gasteiger partial charge is 0.294 e. The van der Waals surface area contributed by atoms with Gasteiger partial charge in [-0.2, -0.15) is 0 Å². The number of rotatable bonds is 12. The minimum atomic E-state index is -0.478. The summed E-state index contributed by atoms with van der Waals surface area (Å²) in [7, 11) is 0. The Balaban J connectivity index is 2.31. The summed E-state index contributed by atoms with van der Waals surface area (Å²) < 4.78 is 0. The van der Waals surface area contributed by atoms with Crippen LogP contribution in [0.5, 0.6) is 0 Å². The first-order valence-electron chi connectivity index (χ1n) is 8.27. The molecule has 0 aliphatic rings. The molecule has 0 bridgehead atoms. The highest BCUT2D eigenvalue weighted by Gasteiger charge is 2.14. The number of nitrogens with two attached hydrogens (primary N) is 1. The highest BCUT2D eigenvalue weighted by molar-refractivity contribution is 5.76. The van der Waals surface area contributed by atoms with E-state index in [2.05, 4.69) is 5.32 Å². The minimum Gasteiger partial charge on any atom is -0.399 e. The number of nitrogen functional groups attached to an aromatic ring is 1. The number of hydrogen-bond donors (Lipinski definition) is 4. The fourth-order valence-electron chi connectivity index (χ4n) is 2.41. The summed E-state index contributed by atoms with van der Waals surface area (Å²) in [5.41, 5.74) is 6.26. The summed E-state index contributed by atoms with van der Waals surface area (Å²) in [6, 6.07) is 4.50. The Morgan fingerprint density at radius 3 is 2.48 bits per heavy atom. The first-order chi connectivity index (χ1) is 12.0. The second-order valence-corrected chi connectivity index (χ2v) is 5.60. The van der Waals surface area contributed by atoms with Crippen molar-refractivity contribution in [1.82, 2.24) is 4.90 Å². The lowest BCUT2D eigenvalue weighted by Crippen LogP contribution is -2.35. The van der Waals surface area contributed by atoms with Gasteiger partial charge in [0.25, 0.3) is 5.69 Å². The molecule has 0 radical (unpaired) electrons. The van der Waals surface area contributed by atoms with Crippen LogP contribution in [0.1, 0.15) is 25.7 Å². The van der Waals surface area contributed by atoms with Crippen LogP contribution in [0.2, 0.25) is 0 Å². The Morgan fingerprint density at radius 2 is 1.88 bits per heavy atom. The van der Waals surface area contributed by atoms with Gasteiger partial charge in [0, 0.05) is 37.8 Å². The molecule has 0 spiro atoms. The number of amides is 1. The van der Waals surface area contributed by atoms with E-state index in [9.17, 15) is 14.9 Å². The number of nitrogens with one attached hydrogen (secondary N) is 1. The van der Waals surface area contributed by atoms with E-state index >= 15 is 0 Å².